The van der Waals surface area contributed by atoms with E-state index < -0.39 is 11.9 Å². The summed E-state index contributed by atoms with van der Waals surface area (Å²) in [7, 11) is 1.83. The second kappa shape index (κ2) is 9.84. The average Bonchev–Trinajstić information content (AvgIpc) is 3.46. The minimum Gasteiger partial charge on any atom is -0.376 e. The van der Waals surface area contributed by atoms with Gasteiger partial charge in [0.15, 0.2) is 0 Å². The summed E-state index contributed by atoms with van der Waals surface area (Å²) < 4.78 is 21.5. The van der Waals surface area contributed by atoms with E-state index in [9.17, 15) is 14.0 Å². The number of halogens is 1. The van der Waals surface area contributed by atoms with Gasteiger partial charge in [0.25, 0.3) is 5.91 Å². The number of aryl methyl sites for hydroxylation is 1. The van der Waals surface area contributed by atoms with Gasteiger partial charge in [0, 0.05) is 43.5 Å². The third-order valence-electron chi connectivity index (χ3n) is 5.81. The second-order valence-corrected chi connectivity index (χ2v) is 8.73. The average molecular weight is 493 g/mol. The molecule has 0 aromatic carbocycles. The molecular formula is C24H25FN8O3. The number of nitrogens with one attached hydrogen (secondary N) is 3. The van der Waals surface area contributed by atoms with E-state index in [2.05, 4.69) is 30.7 Å². The Morgan fingerprint density at radius 2 is 2.06 bits per heavy atom. The smallest absolute Gasteiger partial charge is 0.257 e. The van der Waals surface area contributed by atoms with Gasteiger partial charge in [0.1, 0.15) is 5.65 Å². The molecule has 36 heavy (non-hydrogen) atoms. The maximum atomic E-state index is 14.4. The molecule has 186 valence electrons. The molecule has 3 N–H and O–H groups in total. The minimum absolute atomic E-state index is 0.0581. The van der Waals surface area contributed by atoms with Gasteiger partial charge in [-0.05, 0) is 25.1 Å². The van der Waals surface area contributed by atoms with Crippen LogP contribution in [0.25, 0.3) is 22.3 Å². The fourth-order valence-electron chi connectivity index (χ4n) is 4.09. The van der Waals surface area contributed by atoms with Crippen LogP contribution in [0.2, 0.25) is 0 Å². The standard InChI is InChI=1S/C24H25FN8O3/c1-14-11-33(3-4-36-14)13-21(34)29-18-7-20(22(25)26-10-18)31-24(35)16-5-15-6-19(30-23(15)27-8-16)17-9-28-32(2)12-17/h5-10,12,14H,3-4,11,13H2,1-2H3,(H,27,30)(H,29,34)(H,31,35)/t14-/m0/s1. The predicted octanol–water partition coefficient (Wildman–Crippen LogP) is 2.41. The highest BCUT2D eigenvalue weighted by atomic mass is 19.1. The number of aromatic nitrogens is 5. The highest BCUT2D eigenvalue weighted by Gasteiger charge is 2.20. The van der Waals surface area contributed by atoms with E-state index in [0.29, 0.717) is 25.3 Å². The Bertz CT molecular complexity index is 1430. The third-order valence-corrected chi connectivity index (χ3v) is 5.81. The molecule has 0 aliphatic carbocycles. The number of pyridine rings is 2. The summed E-state index contributed by atoms with van der Waals surface area (Å²) in [6.07, 6.45) is 6.25. The molecule has 0 unspecified atom stereocenters. The van der Waals surface area contributed by atoms with Crippen molar-refractivity contribution in [3.05, 3.63) is 54.5 Å². The van der Waals surface area contributed by atoms with E-state index in [1.165, 1.54) is 18.5 Å². The molecule has 0 spiro atoms. The summed E-state index contributed by atoms with van der Waals surface area (Å²) in [6, 6.07) is 4.86. The number of H-pyrrole nitrogens is 1. The molecule has 1 aliphatic heterocycles. The van der Waals surface area contributed by atoms with E-state index >= 15 is 0 Å². The normalized spacial score (nSPS) is 16.2. The first-order valence-electron chi connectivity index (χ1n) is 11.4. The summed E-state index contributed by atoms with van der Waals surface area (Å²) in [5.74, 6) is -1.68. The number of ether oxygens (including phenoxy) is 1. The highest BCUT2D eigenvalue weighted by Crippen LogP contribution is 2.24. The van der Waals surface area contributed by atoms with Crippen molar-refractivity contribution < 1.29 is 18.7 Å². The fraction of sp³-hybridized carbons (Fsp3) is 0.292. The SMILES string of the molecule is C[C@H]1CN(CC(=O)Nc2cnc(F)c(NC(=O)c3cnc4[nH]c(-c5cnn(C)c5)cc4c3)c2)CCO1. The Balaban J connectivity index is 1.27. The van der Waals surface area contributed by atoms with Crippen molar-refractivity contribution in [1.29, 1.82) is 0 Å². The number of nitrogens with zero attached hydrogens (tertiary/aromatic N) is 5. The highest BCUT2D eigenvalue weighted by molar-refractivity contribution is 6.06. The number of carbonyl (C=O) groups excluding carboxylic acids is 2. The molecule has 0 saturated carbocycles. The van der Waals surface area contributed by atoms with Gasteiger partial charge in [-0.2, -0.15) is 9.49 Å². The molecule has 4 aromatic rings. The van der Waals surface area contributed by atoms with Gasteiger partial charge in [0.05, 0.1) is 54.3 Å². The van der Waals surface area contributed by atoms with Crippen molar-refractivity contribution in [3.8, 4) is 11.3 Å². The maximum Gasteiger partial charge on any atom is 0.257 e. The first-order valence-corrected chi connectivity index (χ1v) is 11.4. The number of amides is 2. The van der Waals surface area contributed by atoms with Crippen molar-refractivity contribution in [2.45, 2.75) is 13.0 Å². The number of aromatic amines is 1. The quantitative estimate of drug-likeness (QED) is 0.353. The first-order chi connectivity index (χ1) is 17.3. The Hall–Kier alpha value is -4.16. The summed E-state index contributed by atoms with van der Waals surface area (Å²) in [6.45, 7) is 4.00. The zero-order chi connectivity index (χ0) is 25.2. The first kappa shape index (κ1) is 23.6. The van der Waals surface area contributed by atoms with Crippen LogP contribution in [-0.4, -0.2) is 73.8 Å². The number of morpholine rings is 1. The lowest BCUT2D eigenvalue weighted by Crippen LogP contribution is -2.44. The van der Waals surface area contributed by atoms with Crippen molar-refractivity contribution in [2.75, 3.05) is 36.9 Å². The van der Waals surface area contributed by atoms with Crippen molar-refractivity contribution >= 4 is 34.2 Å². The number of anilines is 2. The Morgan fingerprint density at radius 1 is 1.19 bits per heavy atom. The molecular weight excluding hydrogens is 467 g/mol. The summed E-state index contributed by atoms with van der Waals surface area (Å²) in [5.41, 5.74) is 2.68. The number of fused-ring (bicyclic) bond motifs is 1. The van der Waals surface area contributed by atoms with Gasteiger partial charge in [0.2, 0.25) is 11.9 Å². The van der Waals surface area contributed by atoms with Crippen LogP contribution in [0.4, 0.5) is 15.8 Å². The van der Waals surface area contributed by atoms with Crippen molar-refractivity contribution in [3.63, 3.8) is 0 Å². The summed E-state index contributed by atoms with van der Waals surface area (Å²) in [4.78, 5) is 38.4. The summed E-state index contributed by atoms with van der Waals surface area (Å²) in [5, 5.41) is 10.1. The molecule has 5 rings (SSSR count). The molecule has 12 heteroatoms. The molecule has 2 amide bonds. The van der Waals surface area contributed by atoms with Crippen LogP contribution in [0.3, 0.4) is 0 Å². The lowest BCUT2D eigenvalue weighted by Gasteiger charge is -2.30. The number of hydrogen-bond acceptors (Lipinski definition) is 7. The zero-order valence-electron chi connectivity index (χ0n) is 19.8. The molecule has 0 bridgehead atoms. The Labute approximate surface area is 205 Å². The van der Waals surface area contributed by atoms with E-state index in [1.807, 2.05) is 31.1 Å². The van der Waals surface area contributed by atoms with Crippen LogP contribution in [0.5, 0.6) is 0 Å². The van der Waals surface area contributed by atoms with Crippen LogP contribution in [0, 0.1) is 5.95 Å². The van der Waals surface area contributed by atoms with Gasteiger partial charge >= 0.3 is 0 Å². The molecule has 1 saturated heterocycles. The molecule has 1 atom stereocenters. The third kappa shape index (κ3) is 5.24. The van der Waals surface area contributed by atoms with Gasteiger partial charge < -0.3 is 20.4 Å². The molecule has 5 heterocycles. The van der Waals surface area contributed by atoms with Gasteiger partial charge in [-0.3, -0.25) is 19.2 Å². The predicted molar refractivity (Wildman–Crippen MR) is 131 cm³/mol. The Morgan fingerprint density at radius 3 is 2.83 bits per heavy atom. The number of carbonyl (C=O) groups is 2. The fourth-order valence-corrected chi connectivity index (χ4v) is 4.09. The number of rotatable bonds is 6. The molecule has 0 radical (unpaired) electrons. The van der Waals surface area contributed by atoms with Crippen LogP contribution in [0.1, 0.15) is 17.3 Å². The van der Waals surface area contributed by atoms with Crippen LogP contribution < -0.4 is 10.6 Å². The molecule has 1 fully saturated rings. The van der Waals surface area contributed by atoms with Crippen LogP contribution in [0.15, 0.2) is 43.0 Å². The lowest BCUT2D eigenvalue weighted by molar-refractivity contribution is -0.119. The van der Waals surface area contributed by atoms with Gasteiger partial charge in [-0.25, -0.2) is 9.97 Å². The lowest BCUT2D eigenvalue weighted by atomic mass is 10.2. The van der Waals surface area contributed by atoms with E-state index in [1.54, 1.807) is 16.9 Å². The minimum atomic E-state index is -0.863. The van der Waals surface area contributed by atoms with Gasteiger partial charge in [-0.1, -0.05) is 0 Å². The van der Waals surface area contributed by atoms with Gasteiger partial charge in [-0.15, -0.1) is 0 Å². The number of hydrogen-bond donors (Lipinski definition) is 3. The van der Waals surface area contributed by atoms with Crippen LogP contribution >= 0.6 is 0 Å². The summed E-state index contributed by atoms with van der Waals surface area (Å²) >= 11 is 0. The largest absolute Gasteiger partial charge is 0.376 e. The monoisotopic (exact) mass is 492 g/mol. The van der Waals surface area contributed by atoms with E-state index in [4.69, 9.17) is 4.74 Å². The topological polar surface area (TPSA) is 130 Å². The van der Waals surface area contributed by atoms with Crippen molar-refractivity contribution in [2.24, 2.45) is 7.05 Å². The second-order valence-electron chi connectivity index (χ2n) is 8.73. The van der Waals surface area contributed by atoms with Crippen molar-refractivity contribution in [1.82, 2.24) is 29.6 Å². The maximum absolute atomic E-state index is 14.4. The van der Waals surface area contributed by atoms with E-state index in [0.717, 1.165) is 16.6 Å². The molecule has 11 nitrogen and oxygen atoms in total. The molecule has 4 aromatic heterocycles. The molecule has 1 aliphatic rings. The Kier molecular flexibility index (Phi) is 6.44. The zero-order valence-corrected chi connectivity index (χ0v) is 19.8. The van der Waals surface area contributed by atoms with Crippen LogP contribution in [-0.2, 0) is 16.6 Å². The van der Waals surface area contributed by atoms with E-state index in [-0.39, 0.29) is 35.5 Å².